The summed E-state index contributed by atoms with van der Waals surface area (Å²) in [6.45, 7) is 1.85. The van der Waals surface area contributed by atoms with Crippen molar-refractivity contribution in [3.05, 3.63) is 22.8 Å². The summed E-state index contributed by atoms with van der Waals surface area (Å²) < 4.78 is 11.0. The van der Waals surface area contributed by atoms with Gasteiger partial charge in [-0.25, -0.2) is 9.78 Å². The SMILES string of the molecule is CC(CS(C)=O)Nc1ccc(Cl)c(C(=O)O)n1. The van der Waals surface area contributed by atoms with Crippen molar-refractivity contribution >= 4 is 34.2 Å². The van der Waals surface area contributed by atoms with Crippen molar-refractivity contribution in [2.75, 3.05) is 17.3 Å². The molecule has 1 aromatic rings. The largest absolute Gasteiger partial charge is 0.476 e. The lowest BCUT2D eigenvalue weighted by Crippen LogP contribution is -2.23. The van der Waals surface area contributed by atoms with E-state index in [1.807, 2.05) is 6.92 Å². The summed E-state index contributed by atoms with van der Waals surface area (Å²) in [6, 6.07) is 3.00. The van der Waals surface area contributed by atoms with E-state index in [1.54, 1.807) is 12.3 Å². The lowest BCUT2D eigenvalue weighted by atomic mass is 10.3. The van der Waals surface area contributed by atoms with Crippen molar-refractivity contribution in [3.63, 3.8) is 0 Å². The molecule has 0 aromatic carbocycles. The molecule has 0 saturated heterocycles. The molecule has 0 bridgehead atoms. The standard InChI is InChI=1S/C10H13ClN2O3S/c1-6(5-17(2)16)12-8-4-3-7(11)9(13-8)10(14)15/h3-4,6H,5H2,1-2H3,(H,12,13)(H,14,15). The van der Waals surface area contributed by atoms with Gasteiger partial charge in [0.1, 0.15) is 5.82 Å². The van der Waals surface area contributed by atoms with Gasteiger partial charge in [-0.15, -0.1) is 0 Å². The number of aromatic nitrogens is 1. The summed E-state index contributed by atoms with van der Waals surface area (Å²) in [5.74, 6) is -0.303. The summed E-state index contributed by atoms with van der Waals surface area (Å²) in [4.78, 5) is 14.7. The minimum absolute atomic E-state index is 0.0591. The molecule has 0 amide bonds. The van der Waals surface area contributed by atoms with Gasteiger partial charge in [-0.05, 0) is 19.1 Å². The minimum Gasteiger partial charge on any atom is -0.476 e. The molecule has 0 aliphatic rings. The smallest absolute Gasteiger partial charge is 0.356 e. The van der Waals surface area contributed by atoms with Crippen LogP contribution in [0.1, 0.15) is 17.4 Å². The number of carbonyl (C=O) groups is 1. The van der Waals surface area contributed by atoms with Crippen LogP contribution in [0.2, 0.25) is 5.02 Å². The summed E-state index contributed by atoms with van der Waals surface area (Å²) in [5, 5.41) is 11.9. The minimum atomic E-state index is -1.18. The van der Waals surface area contributed by atoms with Crippen LogP contribution in [0.15, 0.2) is 12.1 Å². The van der Waals surface area contributed by atoms with E-state index in [1.165, 1.54) is 6.07 Å². The highest BCUT2D eigenvalue weighted by molar-refractivity contribution is 7.84. The Bertz CT molecular complexity index is 453. The molecule has 2 N–H and O–H groups in total. The maximum Gasteiger partial charge on any atom is 0.356 e. The third-order valence-electron chi connectivity index (χ3n) is 1.93. The second-order valence-electron chi connectivity index (χ2n) is 3.62. The van der Waals surface area contributed by atoms with Gasteiger partial charge in [-0.1, -0.05) is 11.6 Å². The van der Waals surface area contributed by atoms with Crippen LogP contribution in [-0.4, -0.2) is 38.3 Å². The van der Waals surface area contributed by atoms with Crippen molar-refractivity contribution in [1.29, 1.82) is 0 Å². The molecule has 1 rings (SSSR count). The zero-order valence-electron chi connectivity index (χ0n) is 9.44. The van der Waals surface area contributed by atoms with E-state index >= 15 is 0 Å². The third kappa shape index (κ3) is 4.32. The number of hydrogen-bond acceptors (Lipinski definition) is 4. The highest BCUT2D eigenvalue weighted by atomic mass is 35.5. The Morgan fingerprint density at radius 1 is 1.65 bits per heavy atom. The predicted molar refractivity (Wildman–Crippen MR) is 68.2 cm³/mol. The van der Waals surface area contributed by atoms with Gasteiger partial charge in [0, 0.05) is 28.9 Å². The number of anilines is 1. The Labute approximate surface area is 107 Å². The molecule has 0 aliphatic heterocycles. The maximum atomic E-state index is 11.0. The lowest BCUT2D eigenvalue weighted by Gasteiger charge is -2.13. The number of carboxylic acids is 1. The summed E-state index contributed by atoms with van der Waals surface area (Å²) in [7, 11) is -0.921. The van der Waals surface area contributed by atoms with E-state index in [0.29, 0.717) is 11.6 Å². The Hall–Kier alpha value is -1.14. The Morgan fingerprint density at radius 2 is 2.29 bits per heavy atom. The fraction of sp³-hybridized carbons (Fsp3) is 0.400. The van der Waals surface area contributed by atoms with Gasteiger partial charge in [0.15, 0.2) is 5.69 Å². The van der Waals surface area contributed by atoms with Crippen molar-refractivity contribution in [3.8, 4) is 0 Å². The first-order valence-electron chi connectivity index (χ1n) is 4.86. The molecule has 1 heterocycles. The van der Waals surface area contributed by atoms with Crippen LogP contribution in [0.25, 0.3) is 0 Å². The van der Waals surface area contributed by atoms with E-state index in [9.17, 15) is 9.00 Å². The van der Waals surface area contributed by atoms with Crippen LogP contribution >= 0.6 is 11.6 Å². The number of aromatic carboxylic acids is 1. The van der Waals surface area contributed by atoms with Crippen molar-refractivity contribution in [2.24, 2.45) is 0 Å². The predicted octanol–water partition coefficient (Wildman–Crippen LogP) is 1.61. The first-order chi connectivity index (χ1) is 7.90. The van der Waals surface area contributed by atoms with Crippen LogP contribution in [0.4, 0.5) is 5.82 Å². The molecule has 0 spiro atoms. The molecule has 1 aromatic heterocycles. The van der Waals surface area contributed by atoms with E-state index in [4.69, 9.17) is 16.7 Å². The van der Waals surface area contributed by atoms with Crippen LogP contribution < -0.4 is 5.32 Å². The number of nitrogens with zero attached hydrogens (tertiary/aromatic N) is 1. The molecular weight excluding hydrogens is 264 g/mol. The highest BCUT2D eigenvalue weighted by Gasteiger charge is 2.12. The van der Waals surface area contributed by atoms with E-state index in [-0.39, 0.29) is 16.8 Å². The van der Waals surface area contributed by atoms with Gasteiger partial charge in [-0.2, -0.15) is 0 Å². The Kier molecular flexibility index (Phi) is 4.89. The van der Waals surface area contributed by atoms with Gasteiger partial charge in [-0.3, -0.25) is 4.21 Å². The van der Waals surface area contributed by atoms with E-state index < -0.39 is 16.8 Å². The first-order valence-corrected chi connectivity index (χ1v) is 6.97. The molecule has 2 atom stereocenters. The van der Waals surface area contributed by atoms with Crippen molar-refractivity contribution in [2.45, 2.75) is 13.0 Å². The van der Waals surface area contributed by atoms with E-state index in [2.05, 4.69) is 10.3 Å². The van der Waals surface area contributed by atoms with Crippen molar-refractivity contribution in [1.82, 2.24) is 4.98 Å². The average Bonchev–Trinajstić information content (AvgIpc) is 2.19. The number of nitrogens with one attached hydrogen (secondary N) is 1. The van der Waals surface area contributed by atoms with Gasteiger partial charge < -0.3 is 10.4 Å². The van der Waals surface area contributed by atoms with Crippen LogP contribution in [0.5, 0.6) is 0 Å². The number of halogens is 1. The molecule has 0 fully saturated rings. The van der Waals surface area contributed by atoms with Gasteiger partial charge in [0.05, 0.1) is 5.02 Å². The summed E-state index contributed by atoms with van der Waals surface area (Å²) in [6.07, 6.45) is 1.61. The molecule has 94 valence electrons. The average molecular weight is 277 g/mol. The summed E-state index contributed by atoms with van der Waals surface area (Å²) in [5.41, 5.74) is -0.193. The summed E-state index contributed by atoms with van der Waals surface area (Å²) >= 11 is 5.69. The molecule has 0 saturated carbocycles. The van der Waals surface area contributed by atoms with Gasteiger partial charge in [0.25, 0.3) is 0 Å². The zero-order valence-corrected chi connectivity index (χ0v) is 11.0. The second-order valence-corrected chi connectivity index (χ2v) is 5.50. The van der Waals surface area contributed by atoms with Crippen LogP contribution in [0.3, 0.4) is 0 Å². The fourth-order valence-corrected chi connectivity index (χ4v) is 2.29. The van der Waals surface area contributed by atoms with Gasteiger partial charge >= 0.3 is 5.97 Å². The lowest BCUT2D eigenvalue weighted by molar-refractivity contribution is 0.0691. The van der Waals surface area contributed by atoms with Gasteiger partial charge in [0.2, 0.25) is 0 Å². The molecule has 0 aliphatic carbocycles. The quantitative estimate of drug-likeness (QED) is 0.854. The molecule has 17 heavy (non-hydrogen) atoms. The second kappa shape index (κ2) is 5.97. The first kappa shape index (κ1) is 13.9. The number of rotatable bonds is 5. The van der Waals surface area contributed by atoms with E-state index in [0.717, 1.165) is 0 Å². The number of pyridine rings is 1. The van der Waals surface area contributed by atoms with Crippen LogP contribution in [-0.2, 0) is 10.8 Å². The fourth-order valence-electron chi connectivity index (χ4n) is 1.32. The molecule has 7 heteroatoms. The number of carboxylic acid groups (broad SMARTS) is 1. The monoisotopic (exact) mass is 276 g/mol. The Balaban J connectivity index is 2.82. The molecular formula is C10H13ClN2O3S. The third-order valence-corrected chi connectivity index (χ3v) is 3.20. The zero-order chi connectivity index (χ0) is 13.0. The van der Waals surface area contributed by atoms with Crippen molar-refractivity contribution < 1.29 is 14.1 Å². The Morgan fingerprint density at radius 3 is 2.82 bits per heavy atom. The molecule has 2 unspecified atom stereocenters. The number of hydrogen-bond donors (Lipinski definition) is 2. The topological polar surface area (TPSA) is 79.3 Å². The normalized spacial score (nSPS) is 14.1. The highest BCUT2D eigenvalue weighted by Crippen LogP contribution is 2.17. The molecule has 5 nitrogen and oxygen atoms in total. The maximum absolute atomic E-state index is 11.0. The molecule has 0 radical (unpaired) electrons. The van der Waals surface area contributed by atoms with Crippen LogP contribution in [0, 0.1) is 0 Å².